The molecule has 5 aromatic rings. The number of carbonyl (C=O) groups excluding carboxylic acids is 2. The molecular formula is C28H21FN4O2S2. The molecule has 1 unspecified atom stereocenters. The first-order chi connectivity index (χ1) is 17.9. The van der Waals surface area contributed by atoms with Crippen LogP contribution in [-0.4, -0.2) is 21.8 Å². The number of anilines is 2. The lowest BCUT2D eigenvalue weighted by molar-refractivity contribution is -0.117. The Balaban J connectivity index is 1.13. The second-order valence-corrected chi connectivity index (χ2v) is 11.1. The highest BCUT2D eigenvalue weighted by atomic mass is 32.1. The van der Waals surface area contributed by atoms with Crippen LogP contribution in [0.2, 0.25) is 0 Å². The fourth-order valence-corrected chi connectivity index (χ4v) is 6.49. The van der Waals surface area contributed by atoms with Crippen molar-refractivity contribution in [3.05, 3.63) is 94.2 Å². The van der Waals surface area contributed by atoms with Gasteiger partial charge >= 0.3 is 0 Å². The van der Waals surface area contributed by atoms with Crippen LogP contribution >= 0.6 is 22.7 Å². The van der Waals surface area contributed by atoms with Gasteiger partial charge in [0, 0.05) is 21.7 Å². The molecule has 2 N–H and O–H groups in total. The molecule has 1 aliphatic carbocycles. The van der Waals surface area contributed by atoms with E-state index >= 15 is 0 Å². The molecule has 184 valence electrons. The minimum absolute atomic E-state index is 0.122. The van der Waals surface area contributed by atoms with Crippen molar-refractivity contribution < 1.29 is 14.0 Å². The molecule has 6 rings (SSSR count). The number of carbonyl (C=O) groups is 2. The van der Waals surface area contributed by atoms with Crippen LogP contribution in [-0.2, 0) is 11.2 Å². The molecule has 2 aromatic heterocycles. The highest BCUT2D eigenvalue weighted by Gasteiger charge is 2.33. The lowest BCUT2D eigenvalue weighted by Crippen LogP contribution is -2.20. The predicted octanol–water partition coefficient (Wildman–Crippen LogP) is 6.79. The van der Waals surface area contributed by atoms with Crippen LogP contribution in [0.15, 0.2) is 66.7 Å². The molecule has 0 radical (unpaired) electrons. The second kappa shape index (κ2) is 9.49. The minimum Gasteiger partial charge on any atom is -0.326 e. The number of benzene rings is 3. The van der Waals surface area contributed by atoms with Gasteiger partial charge < -0.3 is 5.32 Å². The first-order valence-electron chi connectivity index (χ1n) is 11.8. The molecule has 37 heavy (non-hydrogen) atoms. The summed E-state index contributed by atoms with van der Waals surface area (Å²) in [5.74, 6) is -1.27. The van der Waals surface area contributed by atoms with E-state index < -0.39 is 5.82 Å². The number of aryl methyl sites for hydroxylation is 2. The quantitative estimate of drug-likeness (QED) is 0.263. The van der Waals surface area contributed by atoms with E-state index in [1.54, 1.807) is 11.3 Å². The summed E-state index contributed by atoms with van der Waals surface area (Å²) in [6.45, 7) is 2.07. The smallest absolute Gasteiger partial charge is 0.257 e. The summed E-state index contributed by atoms with van der Waals surface area (Å²) >= 11 is 3.03. The monoisotopic (exact) mass is 528 g/mol. The standard InChI is InChI=1S/C28H21FN4O2S2/c1-15-2-12-21-23(14-15)36-27(31-21)17-5-9-19(10-6-17)30-26(35)20-11-13-22-24(20)32-28(37-22)33-25(34)16-3-7-18(29)8-4-16/h2-10,12,14,20H,11,13H2,1H3,(H,30,35)(H,32,33,34). The molecule has 3 aromatic carbocycles. The number of fused-ring (bicyclic) bond motifs is 2. The van der Waals surface area contributed by atoms with Gasteiger partial charge in [-0.05, 0) is 86.0 Å². The molecule has 0 saturated carbocycles. The van der Waals surface area contributed by atoms with Crippen LogP contribution in [0.25, 0.3) is 20.8 Å². The molecule has 0 spiro atoms. The summed E-state index contributed by atoms with van der Waals surface area (Å²) in [5.41, 5.74) is 4.95. The highest BCUT2D eigenvalue weighted by molar-refractivity contribution is 7.21. The summed E-state index contributed by atoms with van der Waals surface area (Å²) in [4.78, 5) is 35.8. The van der Waals surface area contributed by atoms with Gasteiger partial charge in [-0.2, -0.15) is 0 Å². The second-order valence-electron chi connectivity index (χ2n) is 8.94. The Hall–Kier alpha value is -3.95. The fraction of sp³-hybridized carbons (Fsp3) is 0.143. The first kappa shape index (κ1) is 23.4. The Morgan fingerprint density at radius 3 is 2.51 bits per heavy atom. The molecule has 2 heterocycles. The van der Waals surface area contributed by atoms with Gasteiger partial charge in [0.05, 0.1) is 21.8 Å². The Labute approximate surface area is 220 Å². The number of rotatable bonds is 5. The fourth-order valence-electron chi connectivity index (χ4n) is 4.39. The topological polar surface area (TPSA) is 84.0 Å². The van der Waals surface area contributed by atoms with Crippen molar-refractivity contribution in [2.24, 2.45) is 0 Å². The summed E-state index contributed by atoms with van der Waals surface area (Å²) in [6, 6.07) is 19.3. The van der Waals surface area contributed by atoms with Crippen molar-refractivity contribution in [2.45, 2.75) is 25.7 Å². The number of thiazole rings is 2. The third-order valence-corrected chi connectivity index (χ3v) is 8.42. The molecule has 9 heteroatoms. The van der Waals surface area contributed by atoms with Gasteiger partial charge in [-0.25, -0.2) is 14.4 Å². The van der Waals surface area contributed by atoms with E-state index in [1.165, 1.54) is 41.2 Å². The van der Waals surface area contributed by atoms with E-state index in [9.17, 15) is 14.0 Å². The van der Waals surface area contributed by atoms with E-state index in [4.69, 9.17) is 4.98 Å². The summed E-state index contributed by atoms with van der Waals surface area (Å²) < 4.78 is 14.3. The van der Waals surface area contributed by atoms with Gasteiger partial charge in [0.2, 0.25) is 5.91 Å². The van der Waals surface area contributed by atoms with Gasteiger partial charge in [0.1, 0.15) is 10.8 Å². The zero-order valence-electron chi connectivity index (χ0n) is 19.7. The van der Waals surface area contributed by atoms with Crippen molar-refractivity contribution in [1.29, 1.82) is 0 Å². The van der Waals surface area contributed by atoms with Gasteiger partial charge in [-0.15, -0.1) is 22.7 Å². The normalized spacial score (nSPS) is 14.5. The number of hydrogen-bond acceptors (Lipinski definition) is 6. The number of amides is 2. The summed E-state index contributed by atoms with van der Waals surface area (Å²) in [6.07, 6.45) is 1.41. The molecule has 1 aliphatic rings. The van der Waals surface area contributed by atoms with E-state index in [-0.39, 0.29) is 17.7 Å². The van der Waals surface area contributed by atoms with Crippen molar-refractivity contribution in [3.63, 3.8) is 0 Å². The Bertz CT molecular complexity index is 1640. The number of aromatic nitrogens is 2. The average Bonchev–Trinajstić information content (AvgIpc) is 3.58. The number of nitrogens with one attached hydrogen (secondary N) is 2. The maximum absolute atomic E-state index is 13.1. The van der Waals surface area contributed by atoms with Crippen LogP contribution in [0.3, 0.4) is 0 Å². The van der Waals surface area contributed by atoms with Crippen molar-refractivity contribution in [3.8, 4) is 10.6 Å². The summed E-state index contributed by atoms with van der Waals surface area (Å²) in [7, 11) is 0. The lowest BCUT2D eigenvalue weighted by atomic mass is 10.1. The minimum atomic E-state index is -0.403. The Kier molecular flexibility index (Phi) is 6.02. The van der Waals surface area contributed by atoms with E-state index in [0.29, 0.717) is 28.5 Å². The molecule has 1 atom stereocenters. The Morgan fingerprint density at radius 2 is 1.73 bits per heavy atom. The predicted molar refractivity (Wildman–Crippen MR) is 146 cm³/mol. The molecule has 2 amide bonds. The molecule has 0 saturated heterocycles. The third kappa shape index (κ3) is 4.75. The SMILES string of the molecule is Cc1ccc2nc(-c3ccc(NC(=O)C4CCc5sc(NC(=O)c6ccc(F)cc6)nc54)cc3)sc2c1. The first-order valence-corrected chi connectivity index (χ1v) is 13.4. The zero-order valence-corrected chi connectivity index (χ0v) is 21.4. The van der Waals surface area contributed by atoms with Crippen molar-refractivity contribution in [1.82, 2.24) is 9.97 Å². The van der Waals surface area contributed by atoms with Crippen molar-refractivity contribution in [2.75, 3.05) is 10.6 Å². The maximum Gasteiger partial charge on any atom is 0.257 e. The van der Waals surface area contributed by atoms with Gasteiger partial charge in [-0.3, -0.25) is 14.9 Å². The van der Waals surface area contributed by atoms with Gasteiger partial charge in [-0.1, -0.05) is 6.07 Å². The van der Waals surface area contributed by atoms with Crippen LogP contribution in [0.4, 0.5) is 15.2 Å². The van der Waals surface area contributed by atoms with E-state index in [1.807, 2.05) is 30.3 Å². The Morgan fingerprint density at radius 1 is 0.946 bits per heavy atom. The maximum atomic E-state index is 13.1. The number of hydrogen-bond donors (Lipinski definition) is 2. The molecule has 0 bridgehead atoms. The molecular weight excluding hydrogens is 507 g/mol. The lowest BCUT2D eigenvalue weighted by Gasteiger charge is -2.11. The largest absolute Gasteiger partial charge is 0.326 e. The van der Waals surface area contributed by atoms with Crippen LogP contribution < -0.4 is 10.6 Å². The molecule has 0 aliphatic heterocycles. The number of nitrogens with zero attached hydrogens (tertiary/aromatic N) is 2. The highest BCUT2D eigenvalue weighted by Crippen LogP contribution is 2.39. The third-order valence-electron chi connectivity index (χ3n) is 6.30. The van der Waals surface area contributed by atoms with Crippen molar-refractivity contribution >= 4 is 55.5 Å². The van der Waals surface area contributed by atoms with Crippen LogP contribution in [0.1, 0.15) is 38.8 Å². The number of halogens is 1. The van der Waals surface area contributed by atoms with E-state index in [2.05, 4.69) is 34.7 Å². The van der Waals surface area contributed by atoms with Gasteiger partial charge in [0.25, 0.3) is 5.91 Å². The van der Waals surface area contributed by atoms with Crippen LogP contribution in [0, 0.1) is 12.7 Å². The summed E-state index contributed by atoms with van der Waals surface area (Å²) in [5, 5.41) is 7.14. The van der Waals surface area contributed by atoms with Crippen LogP contribution in [0.5, 0.6) is 0 Å². The zero-order chi connectivity index (χ0) is 25.5. The average molecular weight is 529 g/mol. The molecule has 6 nitrogen and oxygen atoms in total. The van der Waals surface area contributed by atoms with Gasteiger partial charge in [0.15, 0.2) is 5.13 Å². The van der Waals surface area contributed by atoms with E-state index in [0.717, 1.165) is 32.1 Å². The molecule has 0 fully saturated rings.